The molecule has 1 aromatic carbocycles. The first-order chi connectivity index (χ1) is 12.6. The molecule has 7 nitrogen and oxygen atoms in total. The number of piperidine rings is 1. The average molecular weight is 397 g/mol. The van der Waals surface area contributed by atoms with Crippen molar-refractivity contribution in [3.8, 4) is 0 Å². The van der Waals surface area contributed by atoms with E-state index in [-0.39, 0.29) is 23.4 Å². The van der Waals surface area contributed by atoms with Crippen molar-refractivity contribution >= 4 is 21.9 Å². The van der Waals surface area contributed by atoms with Crippen molar-refractivity contribution in [2.75, 3.05) is 19.6 Å². The molecular formula is C19H28N2O5S. The molecule has 2 atom stereocenters. The number of hydrogen-bond acceptors (Lipinski definition) is 4. The Labute approximate surface area is 161 Å². The number of carboxylic acid groups (broad SMARTS) is 1. The summed E-state index contributed by atoms with van der Waals surface area (Å²) in [6, 6.07) is 4.48. The Morgan fingerprint density at radius 1 is 1.22 bits per heavy atom. The van der Waals surface area contributed by atoms with Crippen molar-refractivity contribution in [3.63, 3.8) is 0 Å². The highest BCUT2D eigenvalue weighted by molar-refractivity contribution is 7.89. The van der Waals surface area contributed by atoms with E-state index in [9.17, 15) is 23.1 Å². The Bertz CT molecular complexity index is 817. The van der Waals surface area contributed by atoms with Gasteiger partial charge in [-0.25, -0.2) is 8.42 Å². The zero-order chi connectivity index (χ0) is 20.4. The molecule has 1 heterocycles. The molecule has 0 bridgehead atoms. The van der Waals surface area contributed by atoms with E-state index in [1.54, 1.807) is 31.7 Å². The number of amides is 1. The van der Waals surface area contributed by atoms with Crippen LogP contribution in [0, 0.1) is 12.8 Å². The molecule has 1 N–H and O–H groups in total. The van der Waals surface area contributed by atoms with Crippen molar-refractivity contribution in [2.24, 2.45) is 5.92 Å². The van der Waals surface area contributed by atoms with E-state index in [1.165, 1.54) is 16.4 Å². The number of rotatable bonds is 6. The number of aliphatic carboxylic acids is 1. The summed E-state index contributed by atoms with van der Waals surface area (Å²) in [5.41, 5.74) is 0.976. The van der Waals surface area contributed by atoms with E-state index in [0.717, 1.165) is 0 Å². The summed E-state index contributed by atoms with van der Waals surface area (Å²) in [6.45, 7) is 8.01. The van der Waals surface area contributed by atoms with Crippen LogP contribution in [0.5, 0.6) is 0 Å². The molecule has 0 radical (unpaired) electrons. The Balaban J connectivity index is 2.40. The van der Waals surface area contributed by atoms with Gasteiger partial charge in [0.2, 0.25) is 10.0 Å². The van der Waals surface area contributed by atoms with E-state index in [1.807, 2.05) is 6.92 Å². The van der Waals surface area contributed by atoms with E-state index in [2.05, 4.69) is 0 Å². The fraction of sp³-hybridized carbons (Fsp3) is 0.579. The van der Waals surface area contributed by atoms with Crippen molar-refractivity contribution in [3.05, 3.63) is 29.3 Å². The van der Waals surface area contributed by atoms with Crippen molar-refractivity contribution in [1.82, 2.24) is 9.21 Å². The van der Waals surface area contributed by atoms with Gasteiger partial charge in [0.25, 0.3) is 5.91 Å². The topological polar surface area (TPSA) is 95.0 Å². The van der Waals surface area contributed by atoms with Gasteiger partial charge in [-0.2, -0.15) is 4.31 Å². The lowest BCUT2D eigenvalue weighted by atomic mass is 9.92. The Hall–Kier alpha value is -1.93. The summed E-state index contributed by atoms with van der Waals surface area (Å²) in [6.07, 6.45) is 1.15. The Morgan fingerprint density at radius 2 is 1.85 bits per heavy atom. The van der Waals surface area contributed by atoms with Gasteiger partial charge >= 0.3 is 5.97 Å². The van der Waals surface area contributed by atoms with Crippen LogP contribution in [-0.4, -0.2) is 60.3 Å². The van der Waals surface area contributed by atoms with Gasteiger partial charge in [0.15, 0.2) is 0 Å². The normalized spacial score (nSPS) is 20.7. The third-order valence-corrected chi connectivity index (χ3v) is 7.32. The van der Waals surface area contributed by atoms with Gasteiger partial charge in [-0.05, 0) is 44.4 Å². The summed E-state index contributed by atoms with van der Waals surface area (Å²) in [5, 5.41) is 9.29. The molecule has 27 heavy (non-hydrogen) atoms. The summed E-state index contributed by atoms with van der Waals surface area (Å²) in [7, 11) is -3.67. The maximum absolute atomic E-state index is 13.1. The van der Waals surface area contributed by atoms with Crippen LogP contribution in [0.1, 0.15) is 49.5 Å². The second kappa shape index (κ2) is 8.39. The zero-order valence-electron chi connectivity index (χ0n) is 16.3. The summed E-state index contributed by atoms with van der Waals surface area (Å²) >= 11 is 0. The molecule has 1 aromatic rings. The number of carbonyl (C=O) groups excluding carboxylic acids is 1. The van der Waals surface area contributed by atoms with E-state index in [0.29, 0.717) is 37.1 Å². The molecule has 0 spiro atoms. The lowest BCUT2D eigenvalue weighted by molar-refractivity contribution is -0.143. The lowest BCUT2D eigenvalue weighted by Gasteiger charge is -2.37. The molecule has 8 heteroatoms. The summed E-state index contributed by atoms with van der Waals surface area (Å²) in [4.78, 5) is 26.1. The molecule has 1 fully saturated rings. The molecular weight excluding hydrogens is 368 g/mol. The molecule has 1 amide bonds. The first-order valence-electron chi connectivity index (χ1n) is 9.28. The molecule has 0 saturated carbocycles. The monoisotopic (exact) mass is 396 g/mol. The van der Waals surface area contributed by atoms with Crippen LogP contribution in [0.4, 0.5) is 0 Å². The third-order valence-electron chi connectivity index (χ3n) is 5.27. The standard InChI is InChI=1S/C19H28N2O5S/c1-5-20(6-2)27(25,26)16-10-7-13(3)17(11-16)18(22)21-12-15(19(23)24)9-8-14(21)4/h7,10-11,14-15H,5-6,8-9,12H2,1-4H3,(H,23,24). The summed E-state index contributed by atoms with van der Waals surface area (Å²) < 4.78 is 26.9. The fourth-order valence-electron chi connectivity index (χ4n) is 3.45. The van der Waals surface area contributed by atoms with E-state index >= 15 is 0 Å². The van der Waals surface area contributed by atoms with Crippen LogP contribution < -0.4 is 0 Å². The number of carbonyl (C=O) groups is 2. The van der Waals surface area contributed by atoms with Crippen LogP contribution >= 0.6 is 0 Å². The van der Waals surface area contributed by atoms with Gasteiger partial charge in [0.05, 0.1) is 10.8 Å². The second-order valence-electron chi connectivity index (χ2n) is 6.99. The van der Waals surface area contributed by atoms with Crippen LogP contribution in [0.2, 0.25) is 0 Å². The number of aryl methyl sites for hydroxylation is 1. The highest BCUT2D eigenvalue weighted by atomic mass is 32.2. The second-order valence-corrected chi connectivity index (χ2v) is 8.92. The average Bonchev–Trinajstić information content (AvgIpc) is 2.62. The first kappa shape index (κ1) is 21.4. The van der Waals surface area contributed by atoms with Gasteiger partial charge in [-0.3, -0.25) is 9.59 Å². The van der Waals surface area contributed by atoms with E-state index in [4.69, 9.17) is 0 Å². The Kier molecular flexibility index (Phi) is 6.64. The molecule has 1 aliphatic rings. The third kappa shape index (κ3) is 4.32. The molecule has 150 valence electrons. The van der Waals surface area contributed by atoms with Crippen LogP contribution in [-0.2, 0) is 14.8 Å². The van der Waals surface area contributed by atoms with Crippen molar-refractivity contribution < 1.29 is 23.1 Å². The molecule has 2 rings (SSSR count). The molecule has 2 unspecified atom stereocenters. The number of hydrogen-bond donors (Lipinski definition) is 1. The van der Waals surface area contributed by atoms with Gasteiger partial charge in [0.1, 0.15) is 0 Å². The highest BCUT2D eigenvalue weighted by Crippen LogP contribution is 2.26. The predicted molar refractivity (Wildman–Crippen MR) is 102 cm³/mol. The van der Waals surface area contributed by atoms with Crippen molar-refractivity contribution in [2.45, 2.75) is 51.5 Å². The minimum absolute atomic E-state index is 0.0830. The minimum atomic E-state index is -3.67. The Morgan fingerprint density at radius 3 is 2.41 bits per heavy atom. The lowest BCUT2D eigenvalue weighted by Crippen LogP contribution is -2.47. The highest BCUT2D eigenvalue weighted by Gasteiger charge is 2.34. The van der Waals surface area contributed by atoms with Crippen LogP contribution in [0.25, 0.3) is 0 Å². The predicted octanol–water partition coefficient (Wildman–Crippen LogP) is 2.35. The molecule has 0 aromatic heterocycles. The molecule has 1 aliphatic heterocycles. The van der Waals surface area contributed by atoms with Crippen LogP contribution in [0.15, 0.2) is 23.1 Å². The number of nitrogens with zero attached hydrogens (tertiary/aromatic N) is 2. The number of benzene rings is 1. The first-order valence-corrected chi connectivity index (χ1v) is 10.7. The smallest absolute Gasteiger partial charge is 0.308 e. The number of likely N-dealkylation sites (tertiary alicyclic amines) is 1. The number of sulfonamides is 1. The minimum Gasteiger partial charge on any atom is -0.481 e. The zero-order valence-corrected chi connectivity index (χ0v) is 17.1. The maximum Gasteiger partial charge on any atom is 0.308 e. The fourth-order valence-corrected chi connectivity index (χ4v) is 4.94. The van der Waals surface area contributed by atoms with Gasteiger partial charge in [-0.15, -0.1) is 0 Å². The largest absolute Gasteiger partial charge is 0.481 e. The quantitative estimate of drug-likeness (QED) is 0.796. The maximum atomic E-state index is 13.1. The van der Waals surface area contributed by atoms with Gasteiger partial charge in [-0.1, -0.05) is 19.9 Å². The van der Waals surface area contributed by atoms with Gasteiger partial charge in [0, 0.05) is 31.2 Å². The van der Waals surface area contributed by atoms with E-state index < -0.39 is 21.9 Å². The molecule has 0 aliphatic carbocycles. The van der Waals surface area contributed by atoms with Crippen LogP contribution in [0.3, 0.4) is 0 Å². The molecule has 1 saturated heterocycles. The number of carboxylic acids is 1. The van der Waals surface area contributed by atoms with Gasteiger partial charge < -0.3 is 10.0 Å². The SMILES string of the molecule is CCN(CC)S(=O)(=O)c1ccc(C)c(C(=O)N2CC(C(=O)O)CCC2C)c1. The summed E-state index contributed by atoms with van der Waals surface area (Å²) in [5.74, 6) is -1.81. The van der Waals surface area contributed by atoms with Crippen molar-refractivity contribution in [1.29, 1.82) is 0 Å².